The van der Waals surface area contributed by atoms with Gasteiger partial charge in [0.2, 0.25) is 5.91 Å². The Morgan fingerprint density at radius 1 is 1.23 bits per heavy atom. The first-order chi connectivity index (χ1) is 19.2. The van der Waals surface area contributed by atoms with Gasteiger partial charge in [0.25, 0.3) is 5.56 Å². The Kier molecular flexibility index (Phi) is 7.73. The van der Waals surface area contributed by atoms with Crippen LogP contribution in [0.5, 0.6) is 5.75 Å². The number of ether oxygens (including phenoxy) is 1. The summed E-state index contributed by atoms with van der Waals surface area (Å²) < 4.78 is 8.57. The average molecular weight is 580 g/mol. The summed E-state index contributed by atoms with van der Waals surface area (Å²) in [6.07, 6.45) is 7.74. The average Bonchev–Trinajstić information content (AvgIpc) is 3.36. The zero-order valence-electron chi connectivity index (χ0n) is 22.4. The van der Waals surface area contributed by atoms with E-state index in [2.05, 4.69) is 25.6 Å². The first kappa shape index (κ1) is 27.5. The molecule has 12 heteroatoms. The molecule has 0 saturated carbocycles. The van der Waals surface area contributed by atoms with Crippen molar-refractivity contribution in [2.75, 3.05) is 7.11 Å². The van der Waals surface area contributed by atoms with E-state index in [9.17, 15) is 9.59 Å². The number of aromatic nitrogens is 6. The van der Waals surface area contributed by atoms with Crippen LogP contribution in [0, 0.1) is 12.8 Å². The number of pyridine rings is 1. The molecule has 1 aliphatic rings. The van der Waals surface area contributed by atoms with Crippen LogP contribution in [0.2, 0.25) is 10.2 Å². The van der Waals surface area contributed by atoms with Gasteiger partial charge in [-0.05, 0) is 44.0 Å². The van der Waals surface area contributed by atoms with Gasteiger partial charge in [0.15, 0.2) is 5.15 Å². The van der Waals surface area contributed by atoms with Gasteiger partial charge in [0, 0.05) is 40.0 Å². The van der Waals surface area contributed by atoms with Crippen LogP contribution in [0.25, 0.3) is 22.9 Å². The first-order valence-electron chi connectivity index (χ1n) is 12.7. The molecular formula is C28H27Cl2N7O3. The van der Waals surface area contributed by atoms with Crippen molar-refractivity contribution in [1.29, 1.82) is 0 Å². The van der Waals surface area contributed by atoms with Gasteiger partial charge in [0.1, 0.15) is 11.8 Å². The molecule has 1 amide bonds. The maximum Gasteiger partial charge on any atom is 0.252 e. The third-order valence-corrected chi connectivity index (χ3v) is 7.25. The Hall–Kier alpha value is -4.02. The van der Waals surface area contributed by atoms with E-state index >= 15 is 0 Å². The SMILES string of the molecule is CCC(C(=O)NC1=Cc2nc(C)cnc2CC1C)n1cc(OC)c(-c2cc(Cl)ccc2-n2cc(Cl)nn2)cc1=O. The van der Waals surface area contributed by atoms with Crippen molar-refractivity contribution in [3.8, 4) is 22.6 Å². The van der Waals surface area contributed by atoms with Crippen molar-refractivity contribution in [2.24, 2.45) is 5.92 Å². The smallest absolute Gasteiger partial charge is 0.252 e. The monoisotopic (exact) mass is 579 g/mol. The number of benzene rings is 1. The normalized spacial score (nSPS) is 15.2. The fourth-order valence-electron chi connectivity index (χ4n) is 4.81. The molecule has 1 aliphatic carbocycles. The number of carbonyl (C=O) groups excluding carboxylic acids is 1. The highest BCUT2D eigenvalue weighted by atomic mass is 35.5. The number of nitrogens with one attached hydrogen (secondary N) is 1. The Morgan fingerprint density at radius 3 is 2.73 bits per heavy atom. The molecule has 2 atom stereocenters. The summed E-state index contributed by atoms with van der Waals surface area (Å²) in [6, 6.07) is 5.81. The Bertz CT molecular complexity index is 1700. The van der Waals surface area contributed by atoms with Crippen molar-refractivity contribution in [3.63, 3.8) is 0 Å². The van der Waals surface area contributed by atoms with E-state index in [-0.39, 0.29) is 22.5 Å². The van der Waals surface area contributed by atoms with Crippen LogP contribution in [0.1, 0.15) is 43.4 Å². The molecule has 0 aliphatic heterocycles. The van der Waals surface area contributed by atoms with Gasteiger partial charge in [-0.15, -0.1) is 5.10 Å². The topological polar surface area (TPSA) is 117 Å². The Morgan fingerprint density at radius 2 is 2.02 bits per heavy atom. The van der Waals surface area contributed by atoms with Gasteiger partial charge in [-0.2, -0.15) is 0 Å². The molecule has 0 spiro atoms. The molecule has 0 radical (unpaired) electrons. The number of hydrogen-bond acceptors (Lipinski definition) is 7. The summed E-state index contributed by atoms with van der Waals surface area (Å²) in [7, 11) is 1.50. The molecule has 0 bridgehead atoms. The maximum absolute atomic E-state index is 13.5. The third-order valence-electron chi connectivity index (χ3n) is 6.84. The largest absolute Gasteiger partial charge is 0.495 e. The van der Waals surface area contributed by atoms with Crippen LogP contribution < -0.4 is 15.6 Å². The summed E-state index contributed by atoms with van der Waals surface area (Å²) in [5.41, 5.74) is 4.47. The lowest BCUT2D eigenvalue weighted by atomic mass is 9.93. The molecule has 0 fully saturated rings. The van der Waals surface area contributed by atoms with Gasteiger partial charge >= 0.3 is 0 Å². The van der Waals surface area contributed by atoms with Crippen LogP contribution in [0.3, 0.4) is 0 Å². The van der Waals surface area contributed by atoms with Gasteiger partial charge in [-0.25, -0.2) is 4.68 Å². The molecule has 1 N–H and O–H groups in total. The molecular weight excluding hydrogens is 553 g/mol. The Labute approximate surface area is 240 Å². The number of rotatable bonds is 7. The number of allylic oxidation sites excluding steroid dienone is 1. The first-order valence-corrected chi connectivity index (χ1v) is 13.5. The molecule has 3 aromatic heterocycles. The maximum atomic E-state index is 13.5. The molecule has 206 valence electrons. The molecule has 4 aromatic rings. The van der Waals surface area contributed by atoms with E-state index in [1.807, 2.05) is 26.8 Å². The van der Waals surface area contributed by atoms with Crippen LogP contribution in [0.15, 0.2) is 53.3 Å². The highest BCUT2D eigenvalue weighted by molar-refractivity contribution is 6.31. The van der Waals surface area contributed by atoms with Gasteiger partial charge in [-0.1, -0.05) is 42.3 Å². The second-order valence-corrected chi connectivity index (χ2v) is 10.4. The zero-order chi connectivity index (χ0) is 28.6. The molecule has 40 heavy (non-hydrogen) atoms. The van der Waals surface area contributed by atoms with Crippen molar-refractivity contribution in [3.05, 3.63) is 86.2 Å². The van der Waals surface area contributed by atoms with Gasteiger partial charge < -0.3 is 10.1 Å². The lowest BCUT2D eigenvalue weighted by Gasteiger charge is -2.25. The summed E-state index contributed by atoms with van der Waals surface area (Å²) in [6.45, 7) is 5.75. The minimum absolute atomic E-state index is 0.0335. The van der Waals surface area contributed by atoms with E-state index in [4.69, 9.17) is 27.9 Å². The van der Waals surface area contributed by atoms with Crippen LogP contribution >= 0.6 is 23.2 Å². The minimum atomic E-state index is -0.776. The van der Waals surface area contributed by atoms with Gasteiger partial charge in [-0.3, -0.25) is 24.1 Å². The van der Waals surface area contributed by atoms with Crippen molar-refractivity contribution >= 4 is 35.2 Å². The number of methoxy groups -OCH3 is 1. The molecule has 10 nitrogen and oxygen atoms in total. The van der Waals surface area contributed by atoms with Crippen molar-refractivity contribution < 1.29 is 9.53 Å². The zero-order valence-corrected chi connectivity index (χ0v) is 23.9. The van der Waals surface area contributed by atoms with E-state index in [1.165, 1.54) is 22.4 Å². The highest BCUT2D eigenvalue weighted by Crippen LogP contribution is 2.35. The van der Waals surface area contributed by atoms with E-state index < -0.39 is 6.04 Å². The third kappa shape index (κ3) is 5.37. The molecule has 2 unspecified atom stereocenters. The van der Waals surface area contributed by atoms with Crippen LogP contribution in [-0.2, 0) is 11.2 Å². The Balaban J connectivity index is 1.51. The summed E-state index contributed by atoms with van der Waals surface area (Å²) >= 11 is 12.3. The fraction of sp³-hybridized carbons (Fsp3) is 0.286. The van der Waals surface area contributed by atoms with E-state index in [1.54, 1.807) is 36.8 Å². The number of nitrogens with zero attached hydrogens (tertiary/aromatic N) is 6. The number of carbonyl (C=O) groups is 1. The molecule has 3 heterocycles. The summed E-state index contributed by atoms with van der Waals surface area (Å²) in [5.74, 6) is 0.110. The quantitative estimate of drug-likeness (QED) is 0.334. The van der Waals surface area contributed by atoms with E-state index in [0.717, 1.165) is 22.8 Å². The highest BCUT2D eigenvalue weighted by Gasteiger charge is 2.27. The van der Waals surface area contributed by atoms with Crippen molar-refractivity contribution in [1.82, 2.24) is 34.8 Å². The summed E-state index contributed by atoms with van der Waals surface area (Å²) in [5, 5.41) is 11.6. The standard InChI is InChI=1S/C28H27Cl2N7O3/c1-5-23(28(39)33-20-11-22-21(8-15(20)2)31-12-16(3)32-22)36-13-25(40-4)19(10-27(36)38)18-9-17(29)6-7-24(18)37-14-26(30)34-35-37/h6-7,9-15,23H,5,8H2,1-4H3,(H,33,39). The van der Waals surface area contributed by atoms with Crippen LogP contribution in [0.4, 0.5) is 0 Å². The van der Waals surface area contributed by atoms with Crippen molar-refractivity contribution in [2.45, 2.75) is 39.7 Å². The second kappa shape index (κ2) is 11.2. The number of halogens is 2. The minimum Gasteiger partial charge on any atom is -0.495 e. The number of fused-ring (bicyclic) bond motifs is 1. The predicted octanol–water partition coefficient (Wildman–Crippen LogP) is 4.81. The lowest BCUT2D eigenvalue weighted by Crippen LogP contribution is -2.38. The van der Waals surface area contributed by atoms with Gasteiger partial charge in [0.05, 0.1) is 42.3 Å². The number of amides is 1. The summed E-state index contributed by atoms with van der Waals surface area (Å²) in [4.78, 5) is 36.0. The molecule has 0 saturated heterocycles. The number of aryl methyl sites for hydroxylation is 1. The molecule has 5 rings (SSSR count). The van der Waals surface area contributed by atoms with Crippen LogP contribution in [-0.4, -0.2) is 42.5 Å². The fourth-order valence-corrected chi connectivity index (χ4v) is 5.11. The molecule has 1 aromatic carbocycles. The van der Waals surface area contributed by atoms with E-state index in [0.29, 0.717) is 40.4 Å². The number of hydrogen-bond donors (Lipinski definition) is 1. The predicted molar refractivity (Wildman–Crippen MR) is 153 cm³/mol. The lowest BCUT2D eigenvalue weighted by molar-refractivity contribution is -0.123. The second-order valence-electron chi connectivity index (χ2n) is 9.61.